The second-order valence-electron chi connectivity index (χ2n) is 5.89. The number of carbonyl (C=O) groups excluding carboxylic acids is 3. The van der Waals surface area contributed by atoms with Gasteiger partial charge < -0.3 is 21.1 Å². The molecule has 0 heterocycles. The monoisotopic (exact) mass is 335 g/mol. The number of nitrogens with one attached hydrogen (secondary N) is 2. The van der Waals surface area contributed by atoms with E-state index in [1.165, 1.54) is 0 Å². The molecule has 0 bridgehead atoms. The Morgan fingerprint density at radius 2 is 1.83 bits per heavy atom. The number of amides is 3. The zero-order chi connectivity index (χ0) is 17.9. The van der Waals surface area contributed by atoms with Crippen molar-refractivity contribution in [2.45, 2.75) is 39.3 Å². The molecular weight excluding hydrogens is 310 g/mol. The molecule has 0 aliphatic heterocycles. The van der Waals surface area contributed by atoms with Gasteiger partial charge in [0.1, 0.15) is 12.6 Å². The molecule has 24 heavy (non-hydrogen) atoms. The summed E-state index contributed by atoms with van der Waals surface area (Å²) in [6.45, 7) is 4.16. The van der Waals surface area contributed by atoms with Crippen LogP contribution in [0.1, 0.15) is 32.3 Å². The molecule has 0 aliphatic rings. The number of primary amides is 1. The topological polar surface area (TPSA) is 111 Å². The van der Waals surface area contributed by atoms with Gasteiger partial charge >= 0.3 is 6.09 Å². The second kappa shape index (κ2) is 10.3. The minimum atomic E-state index is -0.692. The molecule has 0 radical (unpaired) electrons. The standard InChI is InChI=1S/C17H25N3O4/c1-12(2)10-14(16(18)22)20-15(21)8-9-19-17(23)24-11-13-6-4-3-5-7-13/h3-7,12,14H,8-11H2,1-2H3,(H2,18,22)(H,19,23)(H,20,21)/t14-/m0/s1. The van der Waals surface area contributed by atoms with Crippen molar-refractivity contribution in [2.24, 2.45) is 11.7 Å². The summed E-state index contributed by atoms with van der Waals surface area (Å²) in [5.41, 5.74) is 6.14. The summed E-state index contributed by atoms with van der Waals surface area (Å²) in [5.74, 6) is -0.677. The molecular formula is C17H25N3O4. The average Bonchev–Trinajstić information content (AvgIpc) is 2.52. The quantitative estimate of drug-likeness (QED) is 0.632. The van der Waals surface area contributed by atoms with Crippen LogP contribution in [0.3, 0.4) is 0 Å². The van der Waals surface area contributed by atoms with Crippen molar-refractivity contribution in [1.29, 1.82) is 0 Å². The Bertz CT molecular complexity index is 546. The Kier molecular flexibility index (Phi) is 8.32. The van der Waals surface area contributed by atoms with Crippen molar-refractivity contribution in [2.75, 3.05) is 6.54 Å². The zero-order valence-electron chi connectivity index (χ0n) is 14.1. The first-order valence-corrected chi connectivity index (χ1v) is 7.91. The fraction of sp³-hybridized carbons (Fsp3) is 0.471. The van der Waals surface area contributed by atoms with Crippen LogP contribution in [0.4, 0.5) is 4.79 Å². The molecule has 7 heteroatoms. The van der Waals surface area contributed by atoms with E-state index in [1.807, 2.05) is 44.2 Å². The molecule has 1 aromatic carbocycles. The van der Waals surface area contributed by atoms with Gasteiger partial charge in [0.2, 0.25) is 11.8 Å². The van der Waals surface area contributed by atoms with Gasteiger partial charge in [-0.25, -0.2) is 4.79 Å². The highest BCUT2D eigenvalue weighted by molar-refractivity contribution is 5.86. The van der Waals surface area contributed by atoms with Gasteiger partial charge in [0, 0.05) is 13.0 Å². The summed E-state index contributed by atoms with van der Waals surface area (Å²) in [7, 11) is 0. The molecule has 0 spiro atoms. The molecule has 1 atom stereocenters. The van der Waals surface area contributed by atoms with Crippen molar-refractivity contribution >= 4 is 17.9 Å². The number of alkyl carbamates (subject to hydrolysis) is 1. The summed E-state index contributed by atoms with van der Waals surface area (Å²) in [6.07, 6.45) is -0.0732. The maximum Gasteiger partial charge on any atom is 0.407 e. The summed E-state index contributed by atoms with van der Waals surface area (Å²) >= 11 is 0. The van der Waals surface area contributed by atoms with Gasteiger partial charge in [0.05, 0.1) is 0 Å². The van der Waals surface area contributed by atoms with E-state index in [4.69, 9.17) is 10.5 Å². The largest absolute Gasteiger partial charge is 0.445 e. The van der Waals surface area contributed by atoms with Crippen LogP contribution in [-0.2, 0) is 20.9 Å². The minimum Gasteiger partial charge on any atom is -0.445 e. The van der Waals surface area contributed by atoms with Crippen LogP contribution >= 0.6 is 0 Å². The predicted molar refractivity (Wildman–Crippen MR) is 89.8 cm³/mol. The van der Waals surface area contributed by atoms with Crippen molar-refractivity contribution in [3.8, 4) is 0 Å². The molecule has 0 unspecified atom stereocenters. The highest BCUT2D eigenvalue weighted by Gasteiger charge is 2.19. The lowest BCUT2D eigenvalue weighted by Crippen LogP contribution is -2.45. The smallest absolute Gasteiger partial charge is 0.407 e. The normalized spacial score (nSPS) is 11.6. The molecule has 3 amide bonds. The third-order valence-corrected chi connectivity index (χ3v) is 3.22. The summed E-state index contributed by atoms with van der Waals surface area (Å²) in [5, 5.41) is 5.06. The molecule has 132 valence electrons. The number of carbonyl (C=O) groups is 3. The molecule has 0 aliphatic carbocycles. The van der Waals surface area contributed by atoms with Crippen LogP contribution in [0.15, 0.2) is 30.3 Å². The third kappa shape index (κ3) is 8.17. The Labute approximate surface area is 141 Å². The maximum atomic E-state index is 11.8. The fourth-order valence-electron chi connectivity index (χ4n) is 2.04. The summed E-state index contributed by atoms with van der Waals surface area (Å²) in [4.78, 5) is 34.6. The number of hydrogen-bond acceptors (Lipinski definition) is 4. The molecule has 4 N–H and O–H groups in total. The Morgan fingerprint density at radius 3 is 2.42 bits per heavy atom. The lowest BCUT2D eigenvalue weighted by Gasteiger charge is -2.17. The van der Waals surface area contributed by atoms with Crippen molar-refractivity contribution < 1.29 is 19.1 Å². The van der Waals surface area contributed by atoms with Crippen molar-refractivity contribution in [3.63, 3.8) is 0 Å². The van der Waals surface area contributed by atoms with Gasteiger partial charge in [-0.3, -0.25) is 9.59 Å². The minimum absolute atomic E-state index is 0.0440. The number of benzene rings is 1. The molecule has 7 nitrogen and oxygen atoms in total. The number of rotatable bonds is 9. The fourth-order valence-corrected chi connectivity index (χ4v) is 2.04. The Balaban J connectivity index is 2.24. The van der Waals surface area contributed by atoms with E-state index in [-0.39, 0.29) is 31.4 Å². The van der Waals surface area contributed by atoms with Gasteiger partial charge in [0.15, 0.2) is 0 Å². The van der Waals surface area contributed by atoms with E-state index >= 15 is 0 Å². The van der Waals surface area contributed by atoms with Gasteiger partial charge in [0.25, 0.3) is 0 Å². The van der Waals surface area contributed by atoms with E-state index in [1.54, 1.807) is 0 Å². The van der Waals surface area contributed by atoms with Gasteiger partial charge in [-0.05, 0) is 17.9 Å². The average molecular weight is 335 g/mol. The van der Waals surface area contributed by atoms with Crippen LogP contribution < -0.4 is 16.4 Å². The summed E-state index contributed by atoms with van der Waals surface area (Å²) in [6, 6.07) is 8.59. The number of nitrogens with two attached hydrogens (primary N) is 1. The lowest BCUT2D eigenvalue weighted by molar-refractivity contribution is -0.127. The lowest BCUT2D eigenvalue weighted by atomic mass is 10.0. The van der Waals surface area contributed by atoms with Crippen LogP contribution in [-0.4, -0.2) is 30.5 Å². The first-order valence-electron chi connectivity index (χ1n) is 7.91. The number of hydrogen-bond donors (Lipinski definition) is 3. The molecule has 1 rings (SSSR count). The molecule has 0 aromatic heterocycles. The summed E-state index contributed by atoms with van der Waals surface area (Å²) < 4.78 is 5.03. The second-order valence-corrected chi connectivity index (χ2v) is 5.89. The van der Waals surface area contributed by atoms with E-state index in [9.17, 15) is 14.4 Å². The van der Waals surface area contributed by atoms with Crippen LogP contribution in [0.25, 0.3) is 0 Å². The third-order valence-electron chi connectivity index (χ3n) is 3.22. The van der Waals surface area contributed by atoms with E-state index < -0.39 is 18.0 Å². The van der Waals surface area contributed by atoms with E-state index in [0.29, 0.717) is 6.42 Å². The Morgan fingerprint density at radius 1 is 1.17 bits per heavy atom. The SMILES string of the molecule is CC(C)C[C@H](NC(=O)CCNC(=O)OCc1ccccc1)C(N)=O. The maximum absolute atomic E-state index is 11.8. The highest BCUT2D eigenvalue weighted by Crippen LogP contribution is 2.04. The van der Waals surface area contributed by atoms with E-state index in [2.05, 4.69) is 10.6 Å². The van der Waals surface area contributed by atoms with Gasteiger partial charge in [-0.15, -0.1) is 0 Å². The predicted octanol–water partition coefficient (Wildman–Crippen LogP) is 1.32. The first-order chi connectivity index (χ1) is 11.4. The van der Waals surface area contributed by atoms with Crippen molar-refractivity contribution in [3.05, 3.63) is 35.9 Å². The van der Waals surface area contributed by atoms with Crippen LogP contribution in [0.5, 0.6) is 0 Å². The Hall–Kier alpha value is -2.57. The first kappa shape index (κ1) is 19.5. The molecule has 0 fully saturated rings. The van der Waals surface area contributed by atoms with Gasteiger partial charge in [-0.1, -0.05) is 44.2 Å². The molecule has 0 saturated heterocycles. The van der Waals surface area contributed by atoms with E-state index in [0.717, 1.165) is 5.56 Å². The number of ether oxygens (including phenoxy) is 1. The van der Waals surface area contributed by atoms with Crippen LogP contribution in [0.2, 0.25) is 0 Å². The van der Waals surface area contributed by atoms with Gasteiger partial charge in [-0.2, -0.15) is 0 Å². The molecule has 1 aromatic rings. The van der Waals surface area contributed by atoms with Crippen molar-refractivity contribution in [1.82, 2.24) is 10.6 Å². The zero-order valence-corrected chi connectivity index (χ0v) is 14.1. The molecule has 0 saturated carbocycles. The highest BCUT2D eigenvalue weighted by atomic mass is 16.5. The van der Waals surface area contributed by atoms with Crippen LogP contribution in [0, 0.1) is 5.92 Å².